The van der Waals surface area contributed by atoms with Crippen molar-refractivity contribution >= 4 is 11.8 Å². The monoisotopic (exact) mass is 259 g/mol. The van der Waals surface area contributed by atoms with Crippen LogP contribution in [0.2, 0.25) is 0 Å². The van der Waals surface area contributed by atoms with E-state index in [-0.39, 0.29) is 6.42 Å². The quantitative estimate of drug-likeness (QED) is 0.403. The molecule has 0 amide bonds. The lowest BCUT2D eigenvalue weighted by Gasteiger charge is -2.18. The molecule has 0 aliphatic heterocycles. The fraction of sp³-hybridized carbons (Fsp3) is 0.846. The van der Waals surface area contributed by atoms with Gasteiger partial charge >= 0.3 is 0 Å². The second kappa shape index (κ2) is 10.0. The first-order chi connectivity index (χ1) is 8.54. The Hall–Kier alpha value is -0.940. The van der Waals surface area contributed by atoms with Crippen LogP contribution in [0.25, 0.3) is 0 Å². The highest BCUT2D eigenvalue weighted by Crippen LogP contribution is 2.14. The average molecular weight is 259 g/mol. The average Bonchev–Trinajstić information content (AvgIpc) is 2.35. The Labute approximate surface area is 108 Å². The Morgan fingerprint density at radius 3 is 2.17 bits per heavy atom. The van der Waals surface area contributed by atoms with Crippen LogP contribution >= 0.6 is 0 Å². The molecule has 2 unspecified atom stereocenters. The summed E-state index contributed by atoms with van der Waals surface area (Å²) in [5.41, 5.74) is 0. The summed E-state index contributed by atoms with van der Waals surface area (Å²) in [5.74, 6) is -3.63. The minimum Gasteiger partial charge on any atom is -0.549 e. The lowest BCUT2D eigenvalue weighted by Crippen LogP contribution is -2.42. The molecule has 2 atom stereocenters. The van der Waals surface area contributed by atoms with Gasteiger partial charge in [0.2, 0.25) is 0 Å². The summed E-state index contributed by atoms with van der Waals surface area (Å²) in [6.07, 6.45) is 4.47. The third-order valence-electron chi connectivity index (χ3n) is 2.98. The van der Waals surface area contributed by atoms with Gasteiger partial charge < -0.3 is 20.1 Å². The number of carbonyl (C=O) groups excluding carboxylic acids is 2. The summed E-state index contributed by atoms with van der Waals surface area (Å²) in [6.45, 7) is 1.36. The first kappa shape index (κ1) is 17.1. The van der Waals surface area contributed by atoms with Gasteiger partial charge in [-0.1, -0.05) is 45.4 Å². The van der Waals surface area contributed by atoms with Crippen LogP contribution in [0, 0.1) is 5.92 Å². The smallest absolute Gasteiger partial charge is 0.172 e. The molecule has 5 nitrogen and oxygen atoms in total. The summed E-state index contributed by atoms with van der Waals surface area (Å²) in [6, 6.07) is 0. The zero-order valence-electron chi connectivity index (χ0n) is 10.9. The minimum absolute atomic E-state index is 0.171. The molecule has 5 heteroatoms. The highest BCUT2D eigenvalue weighted by atomic mass is 16.4. The molecule has 0 aliphatic rings. The Bertz CT molecular complexity index is 252. The fourth-order valence-corrected chi connectivity index (χ4v) is 1.83. The number of carboxylic acid groups (broad SMARTS) is 1. The van der Waals surface area contributed by atoms with E-state index in [4.69, 9.17) is 10.2 Å². The van der Waals surface area contributed by atoms with E-state index in [1.807, 2.05) is 0 Å². The van der Waals surface area contributed by atoms with Crippen molar-refractivity contribution in [1.29, 1.82) is 0 Å². The number of carboxylic acids is 1. The maximum absolute atomic E-state index is 11.5. The molecule has 0 aromatic carbocycles. The number of aliphatic hydroxyl groups is 2. The highest BCUT2D eigenvalue weighted by molar-refractivity contribution is 5.99. The number of aliphatic carboxylic acids is 1. The van der Waals surface area contributed by atoms with E-state index >= 15 is 0 Å². The lowest BCUT2D eigenvalue weighted by molar-refractivity contribution is -0.310. The van der Waals surface area contributed by atoms with Crippen molar-refractivity contribution < 1.29 is 24.9 Å². The van der Waals surface area contributed by atoms with Crippen LogP contribution in [0.4, 0.5) is 0 Å². The summed E-state index contributed by atoms with van der Waals surface area (Å²) in [5, 5.41) is 28.6. The largest absolute Gasteiger partial charge is 0.549 e. The Morgan fingerprint density at radius 2 is 1.67 bits per heavy atom. The third-order valence-corrected chi connectivity index (χ3v) is 2.98. The van der Waals surface area contributed by atoms with Crippen molar-refractivity contribution in [2.45, 2.75) is 58.0 Å². The molecule has 18 heavy (non-hydrogen) atoms. The molecule has 0 fully saturated rings. The summed E-state index contributed by atoms with van der Waals surface area (Å²) < 4.78 is 0. The number of unbranched alkanes of at least 4 members (excludes halogenated alkanes) is 5. The molecule has 0 aliphatic carbocycles. The number of hydrogen-bond acceptors (Lipinski definition) is 5. The number of hydrogen-bond donors (Lipinski definition) is 2. The molecule has 0 aromatic rings. The second-order valence-electron chi connectivity index (χ2n) is 4.53. The molecule has 0 radical (unpaired) electrons. The van der Waals surface area contributed by atoms with Crippen molar-refractivity contribution in [3.05, 3.63) is 0 Å². The molecule has 0 heterocycles. The number of Topliss-reactive ketones (excluding diaryl/α,β-unsaturated/α-hetero) is 1. The van der Waals surface area contributed by atoms with Crippen molar-refractivity contribution in [3.8, 4) is 0 Å². The molecule has 0 saturated heterocycles. The predicted molar refractivity (Wildman–Crippen MR) is 64.6 cm³/mol. The normalized spacial score (nSPS) is 14.2. The SMILES string of the molecule is CCCCCCCCC(C(=O)[O-])C(=O)C(O)CO. The van der Waals surface area contributed by atoms with Gasteiger partial charge in [0.1, 0.15) is 6.10 Å². The van der Waals surface area contributed by atoms with Crippen LogP contribution in [0.1, 0.15) is 51.9 Å². The molecule has 0 bridgehead atoms. The number of carbonyl (C=O) groups is 2. The van der Waals surface area contributed by atoms with E-state index in [1.165, 1.54) is 0 Å². The van der Waals surface area contributed by atoms with Gasteiger partial charge in [0.15, 0.2) is 5.78 Å². The molecule has 0 saturated carbocycles. The molecule has 0 rings (SSSR count). The number of ketones is 1. The van der Waals surface area contributed by atoms with Gasteiger partial charge in [0.05, 0.1) is 18.5 Å². The van der Waals surface area contributed by atoms with Crippen LogP contribution in [0.15, 0.2) is 0 Å². The third kappa shape index (κ3) is 6.71. The predicted octanol–water partition coefficient (Wildman–Crippen LogP) is 0.0254. The molecule has 0 spiro atoms. The first-order valence-corrected chi connectivity index (χ1v) is 6.58. The van der Waals surface area contributed by atoms with E-state index in [0.29, 0.717) is 6.42 Å². The van der Waals surface area contributed by atoms with Gasteiger partial charge in [-0.3, -0.25) is 4.79 Å². The van der Waals surface area contributed by atoms with E-state index in [9.17, 15) is 14.7 Å². The van der Waals surface area contributed by atoms with Gasteiger partial charge in [-0.25, -0.2) is 0 Å². The maximum atomic E-state index is 11.5. The van der Waals surface area contributed by atoms with E-state index in [1.54, 1.807) is 0 Å². The molecule has 106 valence electrons. The molecule has 0 aromatic heterocycles. The Kier molecular flexibility index (Phi) is 9.50. The van der Waals surface area contributed by atoms with Gasteiger partial charge in [-0.05, 0) is 6.42 Å². The van der Waals surface area contributed by atoms with Crippen LogP contribution in [0.5, 0.6) is 0 Å². The Morgan fingerprint density at radius 1 is 1.11 bits per heavy atom. The summed E-state index contributed by atoms with van der Waals surface area (Å²) in [4.78, 5) is 22.3. The standard InChI is InChI=1S/C13H24O5/c1-2-3-4-5-6-7-8-10(13(17)18)12(16)11(15)9-14/h10-11,14-15H,2-9H2,1H3,(H,17,18)/p-1. The lowest BCUT2D eigenvalue weighted by atomic mass is 9.93. The molecular weight excluding hydrogens is 236 g/mol. The fourth-order valence-electron chi connectivity index (χ4n) is 1.83. The topological polar surface area (TPSA) is 97.7 Å². The van der Waals surface area contributed by atoms with Crippen molar-refractivity contribution in [2.24, 2.45) is 5.92 Å². The zero-order chi connectivity index (χ0) is 14.0. The van der Waals surface area contributed by atoms with Crippen LogP contribution < -0.4 is 5.11 Å². The van der Waals surface area contributed by atoms with Gasteiger partial charge in [0.25, 0.3) is 0 Å². The van der Waals surface area contributed by atoms with Gasteiger partial charge in [-0.15, -0.1) is 0 Å². The van der Waals surface area contributed by atoms with Crippen molar-refractivity contribution in [2.75, 3.05) is 6.61 Å². The van der Waals surface area contributed by atoms with Gasteiger partial charge in [0, 0.05) is 0 Å². The number of rotatable bonds is 11. The molecule has 2 N–H and O–H groups in total. The first-order valence-electron chi connectivity index (χ1n) is 6.58. The highest BCUT2D eigenvalue weighted by Gasteiger charge is 2.25. The van der Waals surface area contributed by atoms with Gasteiger partial charge in [-0.2, -0.15) is 0 Å². The van der Waals surface area contributed by atoms with E-state index in [2.05, 4.69) is 6.92 Å². The van der Waals surface area contributed by atoms with Crippen molar-refractivity contribution in [1.82, 2.24) is 0 Å². The van der Waals surface area contributed by atoms with Crippen LogP contribution in [-0.2, 0) is 9.59 Å². The zero-order valence-corrected chi connectivity index (χ0v) is 10.9. The summed E-state index contributed by atoms with van der Waals surface area (Å²) >= 11 is 0. The maximum Gasteiger partial charge on any atom is 0.172 e. The molecular formula is C13H23O5-. The van der Waals surface area contributed by atoms with Crippen LogP contribution in [-0.4, -0.2) is 34.7 Å². The van der Waals surface area contributed by atoms with E-state index < -0.39 is 30.4 Å². The second-order valence-corrected chi connectivity index (χ2v) is 4.53. The minimum atomic E-state index is -1.62. The summed E-state index contributed by atoms with van der Waals surface area (Å²) in [7, 11) is 0. The van der Waals surface area contributed by atoms with Crippen LogP contribution in [0.3, 0.4) is 0 Å². The van der Waals surface area contributed by atoms with Crippen molar-refractivity contribution in [3.63, 3.8) is 0 Å². The van der Waals surface area contributed by atoms with E-state index in [0.717, 1.165) is 32.1 Å². The number of aliphatic hydroxyl groups excluding tert-OH is 2. The Balaban J connectivity index is 3.99.